The average Bonchev–Trinajstić information content (AvgIpc) is 1.88. The van der Waals surface area contributed by atoms with Gasteiger partial charge in [0, 0.05) is 4.47 Å². The molecular formula is C6H3BrFNO. The van der Waals surface area contributed by atoms with Crippen molar-refractivity contribution in [3.05, 3.63) is 33.4 Å². The van der Waals surface area contributed by atoms with Gasteiger partial charge in [-0.25, -0.2) is 4.39 Å². The van der Waals surface area contributed by atoms with Gasteiger partial charge in [0.25, 0.3) is 0 Å². The first kappa shape index (κ1) is 7.34. The Morgan fingerprint density at radius 2 is 2.20 bits per heavy atom. The van der Waals surface area contributed by atoms with Crippen molar-refractivity contribution >= 4 is 21.6 Å². The molecule has 52 valence electrons. The van der Waals surface area contributed by atoms with Crippen molar-refractivity contribution in [2.24, 2.45) is 5.18 Å². The quantitative estimate of drug-likeness (QED) is 0.646. The second-order valence-corrected chi connectivity index (χ2v) is 2.54. The van der Waals surface area contributed by atoms with E-state index < -0.39 is 0 Å². The predicted octanol–water partition coefficient (Wildman–Crippen LogP) is 2.99. The molecule has 0 N–H and O–H groups in total. The molecule has 2 nitrogen and oxygen atoms in total. The van der Waals surface area contributed by atoms with E-state index >= 15 is 0 Å². The van der Waals surface area contributed by atoms with Gasteiger partial charge in [-0.1, -0.05) is 0 Å². The van der Waals surface area contributed by atoms with Crippen LogP contribution in [0.4, 0.5) is 10.1 Å². The third kappa shape index (κ3) is 1.39. The van der Waals surface area contributed by atoms with E-state index in [9.17, 15) is 9.30 Å². The number of nitroso groups, excluding NO2 is 1. The second-order valence-electron chi connectivity index (χ2n) is 1.69. The summed E-state index contributed by atoms with van der Waals surface area (Å²) in [7, 11) is 0. The Morgan fingerprint density at radius 1 is 1.50 bits per heavy atom. The Labute approximate surface area is 65.2 Å². The van der Waals surface area contributed by atoms with E-state index in [0.29, 0.717) is 4.47 Å². The number of hydrogen-bond acceptors (Lipinski definition) is 2. The van der Waals surface area contributed by atoms with E-state index in [1.807, 2.05) is 0 Å². The van der Waals surface area contributed by atoms with E-state index in [2.05, 4.69) is 21.1 Å². The first-order valence-corrected chi connectivity index (χ1v) is 3.32. The number of halogens is 2. The number of hydrogen-bond donors (Lipinski definition) is 0. The molecule has 0 saturated heterocycles. The molecule has 0 fully saturated rings. The van der Waals surface area contributed by atoms with Crippen LogP contribution in [0.2, 0.25) is 0 Å². The van der Waals surface area contributed by atoms with Gasteiger partial charge in [-0.15, -0.1) is 4.91 Å². The van der Waals surface area contributed by atoms with Crippen molar-refractivity contribution < 1.29 is 4.39 Å². The minimum Gasteiger partial charge on any atom is -0.207 e. The van der Waals surface area contributed by atoms with E-state index in [0.717, 1.165) is 0 Å². The van der Waals surface area contributed by atoms with E-state index in [-0.39, 0.29) is 11.5 Å². The largest absolute Gasteiger partial charge is 0.207 e. The van der Waals surface area contributed by atoms with E-state index in [4.69, 9.17) is 0 Å². The van der Waals surface area contributed by atoms with E-state index in [1.54, 1.807) is 0 Å². The molecule has 0 aliphatic rings. The van der Waals surface area contributed by atoms with Crippen molar-refractivity contribution in [2.45, 2.75) is 0 Å². The zero-order valence-electron chi connectivity index (χ0n) is 4.84. The van der Waals surface area contributed by atoms with Crippen LogP contribution in [0.25, 0.3) is 0 Å². The van der Waals surface area contributed by atoms with Gasteiger partial charge in [0.1, 0.15) is 11.5 Å². The molecule has 0 aromatic heterocycles. The first-order chi connectivity index (χ1) is 4.74. The SMILES string of the molecule is O=Nc1ccc(F)cc1Br. The average molecular weight is 204 g/mol. The predicted molar refractivity (Wildman–Crippen MR) is 39.6 cm³/mol. The van der Waals surface area contributed by atoms with E-state index in [1.165, 1.54) is 18.2 Å². The van der Waals surface area contributed by atoms with Gasteiger partial charge in [-0.2, -0.15) is 0 Å². The smallest absolute Gasteiger partial charge is 0.124 e. The monoisotopic (exact) mass is 203 g/mol. The van der Waals surface area contributed by atoms with Crippen LogP contribution in [0, 0.1) is 10.7 Å². The number of nitrogens with zero attached hydrogens (tertiary/aromatic N) is 1. The highest BCUT2D eigenvalue weighted by atomic mass is 79.9. The van der Waals surface area contributed by atoms with Gasteiger partial charge in [0.2, 0.25) is 0 Å². The van der Waals surface area contributed by atoms with Crippen LogP contribution >= 0.6 is 15.9 Å². The lowest BCUT2D eigenvalue weighted by molar-refractivity contribution is 0.627. The highest BCUT2D eigenvalue weighted by Gasteiger charge is 1.99. The lowest BCUT2D eigenvalue weighted by atomic mass is 10.3. The minimum atomic E-state index is -0.390. The summed E-state index contributed by atoms with van der Waals surface area (Å²) in [6.45, 7) is 0. The zero-order valence-corrected chi connectivity index (χ0v) is 6.43. The van der Waals surface area contributed by atoms with Crippen LogP contribution < -0.4 is 0 Å². The third-order valence-corrected chi connectivity index (χ3v) is 1.64. The Kier molecular flexibility index (Phi) is 2.11. The van der Waals surface area contributed by atoms with Gasteiger partial charge in [-0.05, 0) is 39.3 Å². The standard InChI is InChI=1S/C6H3BrFNO/c7-5-3-4(8)1-2-6(5)9-10/h1-3H. The van der Waals surface area contributed by atoms with Crippen LogP contribution in [0.1, 0.15) is 0 Å². The van der Waals surface area contributed by atoms with Crippen LogP contribution in [0.3, 0.4) is 0 Å². The van der Waals surface area contributed by atoms with Crippen LogP contribution in [-0.4, -0.2) is 0 Å². The molecule has 0 spiro atoms. The first-order valence-electron chi connectivity index (χ1n) is 2.52. The van der Waals surface area contributed by atoms with Crippen molar-refractivity contribution in [1.29, 1.82) is 0 Å². The topological polar surface area (TPSA) is 29.4 Å². The van der Waals surface area contributed by atoms with Gasteiger partial charge in [0.15, 0.2) is 0 Å². The van der Waals surface area contributed by atoms with Crippen LogP contribution in [0.15, 0.2) is 27.8 Å². The minimum absolute atomic E-state index is 0.210. The Hall–Kier alpha value is -0.770. The fraction of sp³-hybridized carbons (Fsp3) is 0. The van der Waals surface area contributed by atoms with Crippen LogP contribution in [0.5, 0.6) is 0 Å². The summed E-state index contributed by atoms with van der Waals surface area (Å²) in [5.74, 6) is -0.390. The maximum atomic E-state index is 12.3. The third-order valence-electron chi connectivity index (χ3n) is 1.01. The molecule has 0 bridgehead atoms. The molecule has 1 aromatic rings. The molecule has 1 aromatic carbocycles. The molecular weight excluding hydrogens is 201 g/mol. The fourth-order valence-corrected chi connectivity index (χ4v) is 0.979. The Bertz CT molecular complexity index is 264. The Balaban J connectivity index is 3.19. The highest BCUT2D eigenvalue weighted by Crippen LogP contribution is 2.24. The lowest BCUT2D eigenvalue weighted by Gasteiger charge is -1.92. The second kappa shape index (κ2) is 2.88. The van der Waals surface area contributed by atoms with Gasteiger partial charge in [-0.3, -0.25) is 0 Å². The summed E-state index contributed by atoms with van der Waals surface area (Å²) < 4.78 is 12.7. The summed E-state index contributed by atoms with van der Waals surface area (Å²) >= 11 is 2.97. The molecule has 4 heteroatoms. The van der Waals surface area contributed by atoms with Crippen molar-refractivity contribution in [3.8, 4) is 0 Å². The van der Waals surface area contributed by atoms with Crippen molar-refractivity contribution in [3.63, 3.8) is 0 Å². The van der Waals surface area contributed by atoms with Crippen molar-refractivity contribution in [2.75, 3.05) is 0 Å². The molecule has 0 aliphatic carbocycles. The molecule has 1 rings (SSSR count). The summed E-state index contributed by atoms with van der Waals surface area (Å²) in [6.07, 6.45) is 0. The highest BCUT2D eigenvalue weighted by molar-refractivity contribution is 9.10. The molecule has 10 heavy (non-hydrogen) atoms. The maximum Gasteiger partial charge on any atom is 0.124 e. The van der Waals surface area contributed by atoms with Crippen molar-refractivity contribution in [1.82, 2.24) is 0 Å². The zero-order chi connectivity index (χ0) is 7.56. The molecule has 0 atom stereocenters. The molecule has 0 unspecified atom stereocenters. The molecule has 0 amide bonds. The van der Waals surface area contributed by atoms with Gasteiger partial charge in [0.05, 0.1) is 0 Å². The summed E-state index contributed by atoms with van der Waals surface area (Å²) in [5.41, 5.74) is 0.210. The normalized spacial score (nSPS) is 9.40. The molecule has 0 radical (unpaired) electrons. The fourth-order valence-electron chi connectivity index (χ4n) is 0.555. The molecule has 0 heterocycles. The van der Waals surface area contributed by atoms with Gasteiger partial charge < -0.3 is 0 Å². The summed E-state index contributed by atoms with van der Waals surface area (Å²) in [5, 5.41) is 2.65. The van der Waals surface area contributed by atoms with Gasteiger partial charge >= 0.3 is 0 Å². The number of benzene rings is 1. The maximum absolute atomic E-state index is 12.3. The molecule has 0 saturated carbocycles. The Morgan fingerprint density at radius 3 is 2.70 bits per heavy atom. The summed E-state index contributed by atoms with van der Waals surface area (Å²) in [4.78, 5) is 9.94. The van der Waals surface area contributed by atoms with Crippen LogP contribution in [-0.2, 0) is 0 Å². The number of rotatable bonds is 1. The summed E-state index contributed by atoms with van der Waals surface area (Å²) in [6, 6.07) is 3.69. The lowest BCUT2D eigenvalue weighted by Crippen LogP contribution is -1.72. The molecule has 0 aliphatic heterocycles.